The number of ether oxygens (including phenoxy) is 1. The Morgan fingerprint density at radius 2 is 2.12 bits per heavy atom. The summed E-state index contributed by atoms with van der Waals surface area (Å²) in [6, 6.07) is 11.4. The van der Waals surface area contributed by atoms with Crippen molar-refractivity contribution in [1.82, 2.24) is 14.8 Å². The Morgan fingerprint density at radius 3 is 2.77 bits per heavy atom. The number of carbonyl (C=O) groups is 1. The molecule has 0 aliphatic rings. The molecule has 0 aliphatic heterocycles. The van der Waals surface area contributed by atoms with Gasteiger partial charge in [-0.05, 0) is 30.5 Å². The zero-order chi connectivity index (χ0) is 18.4. The van der Waals surface area contributed by atoms with Crippen LogP contribution in [-0.4, -0.2) is 39.6 Å². The molecule has 0 spiro atoms. The minimum Gasteiger partial charge on any atom is -0.383 e. The van der Waals surface area contributed by atoms with Crippen LogP contribution in [0.4, 0.5) is 5.69 Å². The molecule has 1 unspecified atom stereocenters. The number of methoxy groups -OCH3 is 1. The Balaban J connectivity index is 1.78. The number of anilines is 1. The second-order valence-electron chi connectivity index (χ2n) is 5.48. The summed E-state index contributed by atoms with van der Waals surface area (Å²) >= 11 is 2.98. The van der Waals surface area contributed by atoms with Crippen molar-refractivity contribution < 1.29 is 9.53 Å². The van der Waals surface area contributed by atoms with Gasteiger partial charge in [-0.3, -0.25) is 4.79 Å². The Morgan fingerprint density at radius 1 is 1.31 bits per heavy atom. The Hall–Kier alpha value is -2.16. The van der Waals surface area contributed by atoms with Crippen LogP contribution in [0, 0.1) is 0 Å². The highest BCUT2D eigenvalue weighted by Gasteiger charge is 2.24. The molecule has 0 fully saturated rings. The van der Waals surface area contributed by atoms with E-state index < -0.39 is 5.25 Å². The molecule has 1 amide bonds. The van der Waals surface area contributed by atoms with Crippen molar-refractivity contribution in [2.45, 2.75) is 23.9 Å². The summed E-state index contributed by atoms with van der Waals surface area (Å²) in [6.07, 6.45) is 0. The van der Waals surface area contributed by atoms with Crippen LogP contribution in [0.15, 0.2) is 52.3 Å². The first kappa shape index (κ1) is 18.6. The molecule has 2 heterocycles. The van der Waals surface area contributed by atoms with Crippen LogP contribution in [0.3, 0.4) is 0 Å². The number of benzene rings is 1. The third-order valence-corrected chi connectivity index (χ3v) is 5.54. The predicted octanol–water partition coefficient (Wildman–Crippen LogP) is 3.77. The minimum atomic E-state index is -0.426. The first-order valence-corrected chi connectivity index (χ1v) is 10.0. The predicted molar refractivity (Wildman–Crippen MR) is 106 cm³/mol. The summed E-state index contributed by atoms with van der Waals surface area (Å²) in [5.41, 5.74) is 1.79. The molecule has 0 saturated heterocycles. The number of para-hydroxylation sites is 1. The molecule has 0 radical (unpaired) electrons. The van der Waals surface area contributed by atoms with E-state index in [0.29, 0.717) is 5.16 Å². The summed E-state index contributed by atoms with van der Waals surface area (Å²) in [5, 5.41) is 15.9. The molecular formula is C18H20N4O2S2. The number of amides is 1. The van der Waals surface area contributed by atoms with Gasteiger partial charge in [-0.25, -0.2) is 0 Å². The normalized spacial score (nSPS) is 12.1. The van der Waals surface area contributed by atoms with Crippen molar-refractivity contribution in [1.29, 1.82) is 0 Å². The van der Waals surface area contributed by atoms with Gasteiger partial charge in [-0.15, -0.1) is 10.2 Å². The van der Waals surface area contributed by atoms with Gasteiger partial charge in [-0.1, -0.05) is 30.0 Å². The van der Waals surface area contributed by atoms with Gasteiger partial charge in [0.25, 0.3) is 0 Å². The van der Waals surface area contributed by atoms with E-state index in [9.17, 15) is 4.79 Å². The topological polar surface area (TPSA) is 69.0 Å². The smallest absolute Gasteiger partial charge is 0.240 e. The highest BCUT2D eigenvalue weighted by molar-refractivity contribution is 8.00. The van der Waals surface area contributed by atoms with Crippen LogP contribution in [0.25, 0.3) is 11.4 Å². The molecule has 2 aromatic heterocycles. The maximum Gasteiger partial charge on any atom is 0.240 e. The molecule has 1 atom stereocenters. The second-order valence-corrected chi connectivity index (χ2v) is 7.43. The second kappa shape index (κ2) is 8.98. The lowest BCUT2D eigenvalue weighted by atomic mass is 10.3. The van der Waals surface area contributed by atoms with Crippen molar-refractivity contribution in [2.75, 3.05) is 19.0 Å². The fourth-order valence-corrected chi connectivity index (χ4v) is 4.14. The van der Waals surface area contributed by atoms with Gasteiger partial charge in [-0.2, -0.15) is 11.3 Å². The van der Waals surface area contributed by atoms with Crippen molar-refractivity contribution in [3.8, 4) is 11.4 Å². The highest BCUT2D eigenvalue weighted by Crippen LogP contribution is 2.28. The van der Waals surface area contributed by atoms with Crippen LogP contribution in [-0.2, 0) is 16.1 Å². The molecule has 1 N–H and O–H groups in total. The quantitative estimate of drug-likeness (QED) is 0.595. The monoisotopic (exact) mass is 388 g/mol. The summed E-state index contributed by atoms with van der Waals surface area (Å²) in [6.45, 7) is 3.05. The van der Waals surface area contributed by atoms with Crippen molar-refractivity contribution in [3.05, 3.63) is 47.2 Å². The van der Waals surface area contributed by atoms with E-state index >= 15 is 0 Å². The lowest BCUT2D eigenvalue weighted by Gasteiger charge is -2.16. The standard InChI is InChI=1S/C18H20N4O2S2/c1-3-22-16(13-9-10-25-12-13)20-21-18(22)26-15(11-24-2)17(23)19-14-7-5-4-6-8-14/h4-10,12,15H,3,11H2,1-2H3,(H,19,23). The minimum absolute atomic E-state index is 0.120. The van der Waals surface area contributed by atoms with E-state index in [4.69, 9.17) is 4.74 Å². The van der Waals surface area contributed by atoms with Gasteiger partial charge < -0.3 is 14.6 Å². The zero-order valence-electron chi connectivity index (χ0n) is 14.6. The average Bonchev–Trinajstić information content (AvgIpc) is 3.31. The molecule has 0 saturated carbocycles. The van der Waals surface area contributed by atoms with Gasteiger partial charge in [0.1, 0.15) is 5.25 Å². The summed E-state index contributed by atoms with van der Waals surface area (Å²) in [7, 11) is 1.59. The number of nitrogens with zero attached hydrogens (tertiary/aromatic N) is 3. The number of carbonyl (C=O) groups excluding carboxylic acids is 1. The number of aromatic nitrogens is 3. The average molecular weight is 389 g/mol. The number of hydrogen-bond donors (Lipinski definition) is 1. The van der Waals surface area contributed by atoms with E-state index in [1.807, 2.05) is 58.6 Å². The molecule has 8 heteroatoms. The SMILES string of the molecule is CCn1c(SC(COC)C(=O)Nc2ccccc2)nnc1-c1ccsc1. The third-order valence-electron chi connectivity index (χ3n) is 3.71. The zero-order valence-corrected chi connectivity index (χ0v) is 16.2. The fourth-order valence-electron chi connectivity index (χ4n) is 2.45. The fraction of sp³-hybridized carbons (Fsp3) is 0.278. The van der Waals surface area contributed by atoms with Crippen LogP contribution in [0.1, 0.15) is 6.92 Å². The van der Waals surface area contributed by atoms with Crippen LogP contribution < -0.4 is 5.32 Å². The third kappa shape index (κ3) is 4.32. The van der Waals surface area contributed by atoms with Gasteiger partial charge >= 0.3 is 0 Å². The van der Waals surface area contributed by atoms with Crippen LogP contribution in [0.2, 0.25) is 0 Å². The largest absolute Gasteiger partial charge is 0.383 e. The molecule has 0 aliphatic carbocycles. The van der Waals surface area contributed by atoms with Crippen LogP contribution >= 0.6 is 23.1 Å². The molecule has 3 rings (SSSR count). The van der Waals surface area contributed by atoms with Gasteiger partial charge in [0.15, 0.2) is 11.0 Å². The number of hydrogen-bond acceptors (Lipinski definition) is 6. The summed E-state index contributed by atoms with van der Waals surface area (Å²) < 4.78 is 7.27. The molecule has 6 nitrogen and oxygen atoms in total. The summed E-state index contributed by atoms with van der Waals surface area (Å²) in [4.78, 5) is 12.7. The van der Waals surface area contributed by atoms with Crippen molar-refractivity contribution in [3.63, 3.8) is 0 Å². The molecule has 0 bridgehead atoms. The van der Waals surface area contributed by atoms with E-state index in [-0.39, 0.29) is 12.5 Å². The van der Waals surface area contributed by atoms with E-state index in [1.54, 1.807) is 18.4 Å². The van der Waals surface area contributed by atoms with Crippen molar-refractivity contribution >= 4 is 34.7 Å². The number of nitrogens with one attached hydrogen (secondary N) is 1. The summed E-state index contributed by atoms with van der Waals surface area (Å²) in [5.74, 6) is 0.696. The highest BCUT2D eigenvalue weighted by atomic mass is 32.2. The maximum absolute atomic E-state index is 12.7. The van der Waals surface area contributed by atoms with Crippen molar-refractivity contribution in [2.24, 2.45) is 0 Å². The molecule has 3 aromatic rings. The van der Waals surface area contributed by atoms with E-state index in [2.05, 4.69) is 15.5 Å². The van der Waals surface area contributed by atoms with E-state index in [0.717, 1.165) is 23.6 Å². The lowest BCUT2D eigenvalue weighted by molar-refractivity contribution is -0.116. The number of rotatable bonds is 8. The molecular weight excluding hydrogens is 368 g/mol. The number of thiophene rings is 1. The molecule has 136 valence electrons. The van der Waals surface area contributed by atoms with Gasteiger partial charge in [0.05, 0.1) is 6.61 Å². The molecule has 1 aromatic carbocycles. The van der Waals surface area contributed by atoms with Gasteiger partial charge in [0, 0.05) is 30.3 Å². The van der Waals surface area contributed by atoms with E-state index in [1.165, 1.54) is 11.8 Å². The van der Waals surface area contributed by atoms with Crippen LogP contribution in [0.5, 0.6) is 0 Å². The molecule has 26 heavy (non-hydrogen) atoms. The Labute approximate surface area is 160 Å². The first-order chi connectivity index (χ1) is 12.7. The van der Waals surface area contributed by atoms with Gasteiger partial charge in [0.2, 0.25) is 5.91 Å². The maximum atomic E-state index is 12.7. The lowest BCUT2D eigenvalue weighted by Crippen LogP contribution is -2.29. The Kier molecular flexibility index (Phi) is 6.43. The number of thioether (sulfide) groups is 1. The Bertz CT molecular complexity index is 834. The first-order valence-electron chi connectivity index (χ1n) is 8.20.